The van der Waals surface area contributed by atoms with E-state index in [0.29, 0.717) is 23.4 Å². The van der Waals surface area contributed by atoms with Crippen LogP contribution in [0.3, 0.4) is 0 Å². The van der Waals surface area contributed by atoms with E-state index in [0.717, 1.165) is 31.5 Å². The average molecular weight is 431 g/mol. The number of nitrogens with one attached hydrogen (secondary N) is 2. The molecule has 32 heavy (non-hydrogen) atoms. The minimum Gasteiger partial charge on any atom is -0.459 e. The lowest BCUT2D eigenvalue weighted by molar-refractivity contribution is 0.0724. The second-order valence-electron chi connectivity index (χ2n) is 7.75. The van der Waals surface area contributed by atoms with Gasteiger partial charge in [0.1, 0.15) is 0 Å². The van der Waals surface area contributed by atoms with E-state index in [1.54, 1.807) is 36.4 Å². The molecule has 0 radical (unpaired) electrons. The number of furan rings is 1. The first kappa shape index (κ1) is 21.4. The van der Waals surface area contributed by atoms with Crippen molar-refractivity contribution in [2.75, 3.05) is 18.4 Å². The highest BCUT2D eigenvalue weighted by atomic mass is 16.3. The Morgan fingerprint density at radius 1 is 0.844 bits per heavy atom. The third-order valence-electron chi connectivity index (χ3n) is 5.40. The first-order valence-corrected chi connectivity index (χ1v) is 10.7. The number of piperidine rings is 1. The summed E-state index contributed by atoms with van der Waals surface area (Å²) in [5.41, 5.74) is 2.40. The number of nitrogens with zero attached hydrogens (tertiary/aromatic N) is 1. The van der Waals surface area contributed by atoms with Gasteiger partial charge in [-0.25, -0.2) is 0 Å². The molecule has 2 N–H and O–H groups in total. The standard InChI is InChI=1S/C25H25N3O4/c29-23(19-8-5-10-21(16-19)27-24(30)22-11-6-14-32-22)26-17-18-7-4-9-20(15-18)25(31)28-12-2-1-3-13-28/h4-11,14-16H,1-3,12-13,17H2,(H,26,29)(H,27,30). The monoisotopic (exact) mass is 431 g/mol. The molecule has 7 heteroatoms. The van der Waals surface area contributed by atoms with E-state index < -0.39 is 0 Å². The zero-order chi connectivity index (χ0) is 22.3. The largest absolute Gasteiger partial charge is 0.459 e. The number of rotatable bonds is 6. The van der Waals surface area contributed by atoms with Gasteiger partial charge >= 0.3 is 0 Å². The average Bonchev–Trinajstić information content (AvgIpc) is 3.38. The zero-order valence-electron chi connectivity index (χ0n) is 17.7. The minimum absolute atomic E-state index is 0.0397. The Bertz CT molecular complexity index is 1100. The van der Waals surface area contributed by atoms with Gasteiger partial charge in [-0.1, -0.05) is 18.2 Å². The van der Waals surface area contributed by atoms with Crippen LogP contribution in [0.5, 0.6) is 0 Å². The van der Waals surface area contributed by atoms with Gasteiger partial charge in [-0.3, -0.25) is 14.4 Å². The molecule has 0 atom stereocenters. The van der Waals surface area contributed by atoms with E-state index in [2.05, 4.69) is 10.6 Å². The summed E-state index contributed by atoms with van der Waals surface area (Å²) in [7, 11) is 0. The fourth-order valence-corrected chi connectivity index (χ4v) is 3.72. The highest BCUT2D eigenvalue weighted by Crippen LogP contribution is 2.15. The molecule has 0 aliphatic carbocycles. The van der Waals surface area contributed by atoms with Crippen molar-refractivity contribution in [3.63, 3.8) is 0 Å². The van der Waals surface area contributed by atoms with Crippen molar-refractivity contribution in [2.45, 2.75) is 25.8 Å². The predicted octanol–water partition coefficient (Wildman–Crippen LogP) is 4.09. The topological polar surface area (TPSA) is 91.7 Å². The van der Waals surface area contributed by atoms with Crippen LogP contribution < -0.4 is 10.6 Å². The molecule has 1 saturated heterocycles. The summed E-state index contributed by atoms with van der Waals surface area (Å²) >= 11 is 0. The van der Waals surface area contributed by atoms with Crippen LogP contribution in [0.1, 0.15) is 56.1 Å². The van der Waals surface area contributed by atoms with Crippen molar-refractivity contribution in [3.05, 3.63) is 89.4 Å². The predicted molar refractivity (Wildman–Crippen MR) is 120 cm³/mol. The van der Waals surface area contributed by atoms with Crippen molar-refractivity contribution in [1.82, 2.24) is 10.2 Å². The number of benzene rings is 2. The van der Waals surface area contributed by atoms with Gasteiger partial charge < -0.3 is 20.0 Å². The third-order valence-corrected chi connectivity index (χ3v) is 5.40. The van der Waals surface area contributed by atoms with Gasteiger partial charge in [0.05, 0.1) is 6.26 Å². The Hall–Kier alpha value is -3.87. The molecule has 0 bridgehead atoms. The van der Waals surface area contributed by atoms with Crippen molar-refractivity contribution in [2.24, 2.45) is 0 Å². The SMILES string of the molecule is O=C(NCc1cccc(C(=O)N2CCCCC2)c1)c1cccc(NC(=O)c2ccco2)c1. The smallest absolute Gasteiger partial charge is 0.291 e. The number of carbonyl (C=O) groups is 3. The molecule has 3 aromatic rings. The Labute approximate surface area is 186 Å². The Kier molecular flexibility index (Phi) is 6.65. The van der Waals surface area contributed by atoms with Crippen molar-refractivity contribution < 1.29 is 18.8 Å². The molecule has 3 amide bonds. The molecule has 1 aliphatic rings. The maximum absolute atomic E-state index is 12.7. The lowest BCUT2D eigenvalue weighted by atomic mass is 10.1. The molecule has 0 saturated carbocycles. The molecule has 164 valence electrons. The van der Waals surface area contributed by atoms with Crippen molar-refractivity contribution in [3.8, 4) is 0 Å². The lowest BCUT2D eigenvalue weighted by Crippen LogP contribution is -2.35. The maximum Gasteiger partial charge on any atom is 0.291 e. The molecule has 7 nitrogen and oxygen atoms in total. The lowest BCUT2D eigenvalue weighted by Gasteiger charge is -2.26. The number of anilines is 1. The molecular formula is C25H25N3O4. The summed E-state index contributed by atoms with van der Waals surface area (Å²) in [6.07, 6.45) is 4.68. The quantitative estimate of drug-likeness (QED) is 0.615. The Morgan fingerprint density at radius 2 is 1.62 bits per heavy atom. The Morgan fingerprint density at radius 3 is 2.41 bits per heavy atom. The van der Waals surface area contributed by atoms with E-state index in [1.165, 1.54) is 12.7 Å². The summed E-state index contributed by atoms with van der Waals surface area (Å²) in [6, 6.07) is 17.2. The summed E-state index contributed by atoms with van der Waals surface area (Å²) in [5.74, 6) is -0.425. The highest BCUT2D eigenvalue weighted by molar-refractivity contribution is 6.03. The number of likely N-dealkylation sites (tertiary alicyclic amines) is 1. The molecule has 0 spiro atoms. The van der Waals surface area contributed by atoms with E-state index >= 15 is 0 Å². The van der Waals surface area contributed by atoms with Gasteiger partial charge in [-0.15, -0.1) is 0 Å². The van der Waals surface area contributed by atoms with Gasteiger partial charge in [0.25, 0.3) is 17.7 Å². The molecule has 1 aromatic heterocycles. The number of hydrogen-bond donors (Lipinski definition) is 2. The van der Waals surface area contributed by atoms with Crippen LogP contribution in [0.25, 0.3) is 0 Å². The highest BCUT2D eigenvalue weighted by Gasteiger charge is 2.18. The Balaban J connectivity index is 1.36. The second-order valence-corrected chi connectivity index (χ2v) is 7.75. The molecule has 2 heterocycles. The fourth-order valence-electron chi connectivity index (χ4n) is 3.72. The van der Waals surface area contributed by atoms with E-state index in [4.69, 9.17) is 4.42 Å². The van der Waals surface area contributed by atoms with E-state index in [9.17, 15) is 14.4 Å². The van der Waals surface area contributed by atoms with Gasteiger partial charge in [0.15, 0.2) is 5.76 Å². The molecule has 2 aromatic carbocycles. The third kappa shape index (κ3) is 5.24. The molecule has 1 aliphatic heterocycles. The van der Waals surface area contributed by atoms with Gasteiger partial charge in [0, 0.05) is 36.4 Å². The second kappa shape index (κ2) is 9.96. The van der Waals surface area contributed by atoms with E-state index in [-0.39, 0.29) is 23.5 Å². The van der Waals surface area contributed by atoms with Crippen LogP contribution in [-0.4, -0.2) is 35.7 Å². The summed E-state index contributed by atoms with van der Waals surface area (Å²) in [6.45, 7) is 1.89. The zero-order valence-corrected chi connectivity index (χ0v) is 17.7. The molecular weight excluding hydrogens is 406 g/mol. The van der Waals surface area contributed by atoms with Crippen LogP contribution in [0.2, 0.25) is 0 Å². The summed E-state index contributed by atoms with van der Waals surface area (Å²) in [4.78, 5) is 39.4. The first-order valence-electron chi connectivity index (χ1n) is 10.7. The van der Waals surface area contributed by atoms with Gasteiger partial charge in [0.2, 0.25) is 0 Å². The van der Waals surface area contributed by atoms with Gasteiger partial charge in [-0.05, 0) is 67.3 Å². The first-order chi connectivity index (χ1) is 15.6. The van der Waals surface area contributed by atoms with Crippen LogP contribution in [0.4, 0.5) is 5.69 Å². The normalized spacial score (nSPS) is 13.4. The van der Waals surface area contributed by atoms with Crippen molar-refractivity contribution >= 4 is 23.4 Å². The maximum atomic E-state index is 12.7. The molecule has 1 fully saturated rings. The summed E-state index contributed by atoms with van der Waals surface area (Å²) in [5, 5.41) is 5.58. The molecule has 4 rings (SSSR count). The fraction of sp³-hybridized carbons (Fsp3) is 0.240. The van der Waals surface area contributed by atoms with Crippen LogP contribution in [-0.2, 0) is 6.54 Å². The van der Waals surface area contributed by atoms with Crippen LogP contribution >= 0.6 is 0 Å². The number of amides is 3. The van der Waals surface area contributed by atoms with E-state index in [1.807, 2.05) is 29.2 Å². The number of hydrogen-bond acceptors (Lipinski definition) is 4. The van der Waals surface area contributed by atoms with Crippen LogP contribution in [0.15, 0.2) is 71.3 Å². The van der Waals surface area contributed by atoms with Gasteiger partial charge in [-0.2, -0.15) is 0 Å². The minimum atomic E-state index is -0.386. The molecule has 0 unspecified atom stereocenters. The van der Waals surface area contributed by atoms with Crippen LogP contribution in [0, 0.1) is 0 Å². The van der Waals surface area contributed by atoms with Crippen molar-refractivity contribution in [1.29, 1.82) is 0 Å². The summed E-state index contributed by atoms with van der Waals surface area (Å²) < 4.78 is 5.08. The number of carbonyl (C=O) groups excluding carboxylic acids is 3.